The van der Waals surface area contributed by atoms with Crippen molar-refractivity contribution in [3.63, 3.8) is 0 Å². The van der Waals surface area contributed by atoms with Gasteiger partial charge in [-0.1, -0.05) is 40.4 Å². The van der Waals surface area contributed by atoms with Gasteiger partial charge in [0.15, 0.2) is 0 Å². The number of hydrogen-bond donors (Lipinski definition) is 0. The van der Waals surface area contributed by atoms with Gasteiger partial charge in [-0.15, -0.1) is 15.3 Å². The van der Waals surface area contributed by atoms with Gasteiger partial charge >= 0.3 is 5.97 Å². The molecule has 0 saturated carbocycles. The van der Waals surface area contributed by atoms with Gasteiger partial charge in [-0.25, -0.2) is 14.8 Å². The van der Waals surface area contributed by atoms with E-state index >= 15 is 0 Å². The second-order valence-corrected chi connectivity index (χ2v) is 10.4. The SMILES string of the molecule is O=C(On1nnc2ccccc21)c1ccc(-c2nnc(-c3ccc(N4CCN(c5ncccn5)CC4)cc3)s2)cc1. The van der Waals surface area contributed by atoms with Crippen LogP contribution in [0.3, 0.4) is 0 Å². The number of carbonyl (C=O) groups excluding carboxylic acids is 1. The standard InChI is InChI=1S/C29H23N9O2S/c39-28(40-38-25-5-2-1-4-24(25)32-35-38)22-8-6-20(7-9-22)26-33-34-27(41-26)21-10-12-23(13-11-21)36-16-18-37(19-17-36)29-30-14-3-15-31-29/h1-15H,16-19H2. The number of fused-ring (bicyclic) bond motifs is 1. The third-order valence-corrected chi connectivity index (χ3v) is 7.90. The summed E-state index contributed by atoms with van der Waals surface area (Å²) in [6.07, 6.45) is 3.56. The molecule has 1 fully saturated rings. The van der Waals surface area contributed by atoms with Crippen LogP contribution < -0.4 is 14.6 Å². The summed E-state index contributed by atoms with van der Waals surface area (Å²) >= 11 is 1.50. The number of piperazine rings is 1. The predicted molar refractivity (Wildman–Crippen MR) is 156 cm³/mol. The van der Waals surface area contributed by atoms with Crippen molar-refractivity contribution >= 4 is 40.0 Å². The Bertz CT molecular complexity index is 1800. The molecule has 1 saturated heterocycles. The molecule has 12 heteroatoms. The van der Waals surface area contributed by atoms with Crippen LogP contribution in [0.25, 0.3) is 32.2 Å². The Labute approximate surface area is 238 Å². The zero-order valence-corrected chi connectivity index (χ0v) is 22.6. The lowest BCUT2D eigenvalue weighted by atomic mass is 10.1. The molecule has 7 rings (SSSR count). The van der Waals surface area contributed by atoms with Crippen LogP contribution in [0.1, 0.15) is 10.4 Å². The number of rotatable bonds is 6. The lowest BCUT2D eigenvalue weighted by Gasteiger charge is -2.36. The molecule has 6 aromatic rings. The maximum absolute atomic E-state index is 12.7. The summed E-state index contributed by atoms with van der Waals surface area (Å²) in [7, 11) is 0. The predicted octanol–water partition coefficient (Wildman–Crippen LogP) is 4.00. The quantitative estimate of drug-likeness (QED) is 0.276. The van der Waals surface area contributed by atoms with Crippen molar-refractivity contribution in [1.82, 2.24) is 35.3 Å². The molecule has 0 atom stereocenters. The highest BCUT2D eigenvalue weighted by Crippen LogP contribution is 2.31. The lowest BCUT2D eigenvalue weighted by Crippen LogP contribution is -2.47. The molecular weight excluding hydrogens is 538 g/mol. The number of hydrogen-bond acceptors (Lipinski definition) is 11. The minimum absolute atomic E-state index is 0.394. The molecule has 0 aliphatic carbocycles. The Balaban J connectivity index is 0.990. The number of para-hydroxylation sites is 1. The highest BCUT2D eigenvalue weighted by Gasteiger charge is 2.19. The van der Waals surface area contributed by atoms with E-state index in [1.54, 1.807) is 36.7 Å². The molecule has 0 amide bonds. The molecule has 3 aromatic carbocycles. The fourth-order valence-corrected chi connectivity index (χ4v) is 5.54. The van der Waals surface area contributed by atoms with Crippen molar-refractivity contribution in [3.05, 3.63) is 96.8 Å². The van der Waals surface area contributed by atoms with Crippen LogP contribution >= 0.6 is 11.3 Å². The number of anilines is 2. The van der Waals surface area contributed by atoms with Gasteiger partial charge in [-0.3, -0.25) is 0 Å². The van der Waals surface area contributed by atoms with Gasteiger partial charge in [0, 0.05) is 55.4 Å². The van der Waals surface area contributed by atoms with Gasteiger partial charge in [0.1, 0.15) is 21.0 Å². The topological polar surface area (TPSA) is 115 Å². The van der Waals surface area contributed by atoms with Crippen molar-refractivity contribution in [2.24, 2.45) is 0 Å². The van der Waals surface area contributed by atoms with Gasteiger partial charge in [0.25, 0.3) is 0 Å². The minimum atomic E-state index is -0.528. The van der Waals surface area contributed by atoms with Crippen molar-refractivity contribution in [3.8, 4) is 21.1 Å². The minimum Gasteiger partial charge on any atom is -0.368 e. The monoisotopic (exact) mass is 561 g/mol. The average Bonchev–Trinajstić information content (AvgIpc) is 3.70. The summed E-state index contributed by atoms with van der Waals surface area (Å²) in [6, 6.07) is 24.6. The molecule has 1 aliphatic heterocycles. The Kier molecular flexibility index (Phi) is 6.49. The highest BCUT2D eigenvalue weighted by molar-refractivity contribution is 7.17. The van der Waals surface area contributed by atoms with Crippen molar-refractivity contribution in [2.75, 3.05) is 36.0 Å². The van der Waals surface area contributed by atoms with Gasteiger partial charge in [-0.2, -0.15) is 0 Å². The first kappa shape index (κ1) is 24.8. The summed E-state index contributed by atoms with van der Waals surface area (Å²) in [5, 5.41) is 18.3. The third-order valence-electron chi connectivity index (χ3n) is 6.88. The largest absolute Gasteiger partial charge is 0.368 e. The average molecular weight is 562 g/mol. The van der Waals surface area contributed by atoms with Crippen LogP contribution in [-0.2, 0) is 0 Å². The van der Waals surface area contributed by atoms with Gasteiger partial charge in [0.05, 0.1) is 5.56 Å². The highest BCUT2D eigenvalue weighted by atomic mass is 32.1. The fourth-order valence-electron chi connectivity index (χ4n) is 4.69. The van der Waals surface area contributed by atoms with Crippen LogP contribution in [0.2, 0.25) is 0 Å². The molecule has 0 bridgehead atoms. The molecule has 3 aromatic heterocycles. The first-order valence-corrected chi connectivity index (χ1v) is 13.9. The zero-order valence-electron chi connectivity index (χ0n) is 21.7. The molecule has 202 valence electrons. The Morgan fingerprint density at radius 2 is 1.34 bits per heavy atom. The van der Waals surface area contributed by atoms with Crippen molar-refractivity contribution in [1.29, 1.82) is 0 Å². The normalized spacial score (nSPS) is 13.5. The first-order chi connectivity index (χ1) is 20.2. The van der Waals surface area contributed by atoms with E-state index in [-0.39, 0.29) is 0 Å². The number of aromatic nitrogens is 7. The number of nitrogens with zero attached hydrogens (tertiary/aromatic N) is 9. The Hall–Kier alpha value is -5.23. The molecule has 11 nitrogen and oxygen atoms in total. The van der Waals surface area contributed by atoms with Crippen molar-refractivity contribution < 1.29 is 9.63 Å². The molecule has 0 unspecified atom stereocenters. The Morgan fingerprint density at radius 1 is 0.707 bits per heavy atom. The summed E-state index contributed by atoms with van der Waals surface area (Å²) < 4.78 is 0. The molecule has 41 heavy (non-hydrogen) atoms. The van der Waals surface area contributed by atoms with E-state index in [0.29, 0.717) is 16.6 Å². The summed E-state index contributed by atoms with van der Waals surface area (Å²) in [5.74, 6) is 0.254. The fraction of sp³-hybridized carbons (Fsp3) is 0.138. The van der Waals surface area contributed by atoms with E-state index in [4.69, 9.17) is 4.84 Å². The lowest BCUT2D eigenvalue weighted by molar-refractivity contribution is 0.0409. The second-order valence-electron chi connectivity index (χ2n) is 9.39. The van der Waals surface area contributed by atoms with Crippen LogP contribution in [0.4, 0.5) is 11.6 Å². The molecule has 4 heterocycles. The van der Waals surface area contributed by atoms with Crippen LogP contribution in [0.15, 0.2) is 91.3 Å². The summed E-state index contributed by atoms with van der Waals surface area (Å²) in [4.78, 5) is 32.5. The third kappa shape index (κ3) is 5.08. The molecule has 0 spiro atoms. The Morgan fingerprint density at radius 3 is 2.05 bits per heavy atom. The van der Waals surface area contributed by atoms with Gasteiger partial charge in [-0.05, 0) is 59.8 Å². The van der Waals surface area contributed by atoms with Gasteiger partial charge < -0.3 is 14.6 Å². The molecular formula is C29H23N9O2S. The van der Waals surface area contributed by atoms with Crippen LogP contribution in [-0.4, -0.2) is 67.5 Å². The van der Waals surface area contributed by atoms with E-state index in [2.05, 4.69) is 64.5 Å². The van der Waals surface area contributed by atoms with E-state index in [1.807, 2.05) is 30.3 Å². The first-order valence-electron chi connectivity index (χ1n) is 13.1. The van der Waals surface area contributed by atoms with E-state index < -0.39 is 5.97 Å². The van der Waals surface area contributed by atoms with Crippen molar-refractivity contribution in [2.45, 2.75) is 0 Å². The van der Waals surface area contributed by atoms with E-state index in [9.17, 15) is 4.79 Å². The van der Waals surface area contributed by atoms with Crippen LogP contribution in [0.5, 0.6) is 0 Å². The zero-order chi connectivity index (χ0) is 27.6. The number of benzene rings is 3. The summed E-state index contributed by atoms with van der Waals surface area (Å²) in [6.45, 7) is 3.55. The number of carbonyl (C=O) groups is 1. The molecule has 1 aliphatic rings. The maximum Gasteiger partial charge on any atom is 0.365 e. The summed E-state index contributed by atoms with van der Waals surface area (Å²) in [5.41, 5.74) is 4.71. The smallest absolute Gasteiger partial charge is 0.365 e. The maximum atomic E-state index is 12.7. The van der Waals surface area contributed by atoms with E-state index in [0.717, 1.165) is 58.1 Å². The molecule has 0 N–H and O–H groups in total. The van der Waals surface area contributed by atoms with E-state index in [1.165, 1.54) is 17.0 Å². The van der Waals surface area contributed by atoms with Gasteiger partial charge in [0.2, 0.25) is 5.95 Å². The second kappa shape index (κ2) is 10.7. The van der Waals surface area contributed by atoms with Crippen LogP contribution in [0, 0.1) is 0 Å². The molecule has 0 radical (unpaired) electrons.